The van der Waals surface area contributed by atoms with E-state index in [1.165, 1.54) is 30.3 Å². The first-order valence-corrected chi connectivity index (χ1v) is 8.58. The van der Waals surface area contributed by atoms with Gasteiger partial charge in [0.05, 0.1) is 16.8 Å². The van der Waals surface area contributed by atoms with Crippen molar-refractivity contribution in [2.45, 2.75) is 0 Å². The van der Waals surface area contributed by atoms with Crippen LogP contribution < -0.4 is 16.7 Å². The number of carbonyl (C=O) groups is 1. The molecule has 0 saturated heterocycles. The van der Waals surface area contributed by atoms with E-state index in [0.29, 0.717) is 5.02 Å². The number of rotatable bonds is 5. The molecule has 152 valence electrons. The Balaban J connectivity index is 1.91. The molecule has 0 radical (unpaired) electrons. The van der Waals surface area contributed by atoms with Crippen molar-refractivity contribution in [2.24, 2.45) is 5.10 Å². The first-order valence-electron chi connectivity index (χ1n) is 8.20. The molecule has 1 amide bonds. The van der Waals surface area contributed by atoms with E-state index in [0.717, 1.165) is 16.8 Å². The molecule has 0 spiro atoms. The fourth-order valence-corrected chi connectivity index (χ4v) is 2.67. The van der Waals surface area contributed by atoms with Gasteiger partial charge in [0.1, 0.15) is 5.56 Å². The lowest BCUT2D eigenvalue weighted by Gasteiger charge is -2.09. The highest BCUT2D eigenvalue weighted by molar-refractivity contribution is 6.30. The fraction of sp³-hybridized carbons (Fsp3) is 0. The minimum Gasteiger partial charge on any atom is -0.493 e. The van der Waals surface area contributed by atoms with Gasteiger partial charge in [-0.3, -0.25) is 24.7 Å². The van der Waals surface area contributed by atoms with Crippen LogP contribution in [-0.4, -0.2) is 31.7 Å². The number of nitrogens with zero attached hydrogens (tertiary/aromatic N) is 3. The molecule has 1 heterocycles. The molecule has 0 unspecified atom stereocenters. The number of aromatic hydroxyl groups is 1. The molecule has 12 heteroatoms. The second-order valence-electron chi connectivity index (χ2n) is 5.82. The maximum absolute atomic E-state index is 12.1. The molecule has 0 fully saturated rings. The molecule has 0 atom stereocenters. The van der Waals surface area contributed by atoms with E-state index in [9.17, 15) is 29.6 Å². The molecule has 3 rings (SSSR count). The highest BCUT2D eigenvalue weighted by Crippen LogP contribution is 2.18. The molecular formula is C18H12ClN5O6. The molecule has 0 aliphatic heterocycles. The van der Waals surface area contributed by atoms with Gasteiger partial charge in [-0.15, -0.1) is 0 Å². The van der Waals surface area contributed by atoms with E-state index in [1.54, 1.807) is 12.1 Å². The zero-order valence-electron chi connectivity index (χ0n) is 14.9. The summed E-state index contributed by atoms with van der Waals surface area (Å²) in [6.45, 7) is 0. The van der Waals surface area contributed by atoms with Gasteiger partial charge >= 0.3 is 5.69 Å². The average Bonchev–Trinajstić information content (AvgIpc) is 2.70. The van der Waals surface area contributed by atoms with Gasteiger partial charge in [0, 0.05) is 22.7 Å². The van der Waals surface area contributed by atoms with Crippen LogP contribution in [0.1, 0.15) is 15.9 Å². The summed E-state index contributed by atoms with van der Waals surface area (Å²) in [5, 5.41) is 25.1. The maximum atomic E-state index is 12.1. The van der Waals surface area contributed by atoms with Crippen LogP contribution in [0.5, 0.6) is 5.88 Å². The SMILES string of the molecule is O=C(NN=Cc1c(O)n(-c2cccc(Cl)c2)c(=O)[nH]c1=O)c1cccc([N+](=O)[O-])c1. The Morgan fingerprint density at radius 1 is 1.23 bits per heavy atom. The smallest absolute Gasteiger partial charge is 0.335 e. The van der Waals surface area contributed by atoms with Crippen LogP contribution in [0, 0.1) is 10.1 Å². The van der Waals surface area contributed by atoms with Crippen molar-refractivity contribution in [2.75, 3.05) is 0 Å². The van der Waals surface area contributed by atoms with E-state index in [2.05, 4.69) is 10.5 Å². The number of hydrogen-bond acceptors (Lipinski definition) is 7. The number of amides is 1. The van der Waals surface area contributed by atoms with Crippen LogP contribution in [0.4, 0.5) is 5.69 Å². The Hall–Kier alpha value is -4.25. The Bertz CT molecular complexity index is 1300. The number of non-ortho nitro benzene ring substituents is 1. The highest BCUT2D eigenvalue weighted by Gasteiger charge is 2.15. The van der Waals surface area contributed by atoms with Crippen molar-refractivity contribution < 1.29 is 14.8 Å². The van der Waals surface area contributed by atoms with E-state index >= 15 is 0 Å². The second kappa shape index (κ2) is 8.41. The number of H-pyrrole nitrogens is 1. The van der Waals surface area contributed by atoms with E-state index in [4.69, 9.17) is 11.6 Å². The Kier molecular flexibility index (Phi) is 5.74. The maximum Gasteiger partial charge on any atom is 0.335 e. The summed E-state index contributed by atoms with van der Waals surface area (Å²) in [4.78, 5) is 48.4. The molecule has 3 N–H and O–H groups in total. The Morgan fingerprint density at radius 3 is 2.67 bits per heavy atom. The molecule has 1 aromatic heterocycles. The molecule has 11 nitrogen and oxygen atoms in total. The van der Waals surface area contributed by atoms with Crippen LogP contribution >= 0.6 is 11.6 Å². The van der Waals surface area contributed by atoms with Crippen molar-refractivity contribution in [3.63, 3.8) is 0 Å². The minimum absolute atomic E-state index is 0.0385. The molecule has 0 aliphatic carbocycles. The summed E-state index contributed by atoms with van der Waals surface area (Å²) in [6, 6.07) is 10.9. The Labute approximate surface area is 172 Å². The first-order chi connectivity index (χ1) is 14.3. The predicted molar refractivity (Wildman–Crippen MR) is 107 cm³/mol. The van der Waals surface area contributed by atoms with Crippen molar-refractivity contribution in [3.05, 3.63) is 95.6 Å². The minimum atomic E-state index is -0.941. The molecule has 2 aromatic carbocycles. The number of hydrazone groups is 1. The topological polar surface area (TPSA) is 160 Å². The van der Waals surface area contributed by atoms with E-state index < -0.39 is 33.5 Å². The van der Waals surface area contributed by atoms with Crippen molar-refractivity contribution in [1.29, 1.82) is 0 Å². The van der Waals surface area contributed by atoms with Crippen LogP contribution in [0.3, 0.4) is 0 Å². The molecule has 0 saturated carbocycles. The third-order valence-electron chi connectivity index (χ3n) is 3.87. The van der Waals surface area contributed by atoms with E-state index in [1.807, 2.05) is 4.98 Å². The first kappa shape index (κ1) is 20.5. The quantitative estimate of drug-likeness (QED) is 0.317. The fourth-order valence-electron chi connectivity index (χ4n) is 2.49. The van der Waals surface area contributed by atoms with Crippen LogP contribution in [0.15, 0.2) is 63.2 Å². The molecule has 30 heavy (non-hydrogen) atoms. The van der Waals surface area contributed by atoms with Gasteiger partial charge in [0.2, 0.25) is 5.88 Å². The Morgan fingerprint density at radius 2 is 1.97 bits per heavy atom. The summed E-state index contributed by atoms with van der Waals surface area (Å²) < 4.78 is 0.803. The number of aromatic amines is 1. The van der Waals surface area contributed by atoms with Crippen molar-refractivity contribution >= 4 is 29.4 Å². The zero-order valence-corrected chi connectivity index (χ0v) is 15.7. The lowest BCUT2D eigenvalue weighted by Crippen LogP contribution is -2.31. The number of hydrogen-bond donors (Lipinski definition) is 3. The number of halogens is 1. The molecular weight excluding hydrogens is 418 g/mol. The molecule has 3 aromatic rings. The third-order valence-corrected chi connectivity index (χ3v) is 4.10. The zero-order chi connectivity index (χ0) is 21.8. The lowest BCUT2D eigenvalue weighted by atomic mass is 10.2. The van der Waals surface area contributed by atoms with Crippen LogP contribution in [0.25, 0.3) is 5.69 Å². The lowest BCUT2D eigenvalue weighted by molar-refractivity contribution is -0.384. The number of nitrogens with one attached hydrogen (secondary N) is 2. The molecule has 0 aliphatic rings. The third kappa shape index (κ3) is 4.25. The van der Waals surface area contributed by atoms with Gasteiger partial charge < -0.3 is 5.11 Å². The summed E-state index contributed by atoms with van der Waals surface area (Å²) >= 11 is 5.89. The van der Waals surface area contributed by atoms with Crippen molar-refractivity contribution in [1.82, 2.24) is 15.0 Å². The average molecular weight is 430 g/mol. The number of nitro benzene ring substituents is 1. The van der Waals surface area contributed by atoms with Crippen LogP contribution in [-0.2, 0) is 0 Å². The standard InChI is InChI=1S/C18H12ClN5O6/c19-11-4-2-5-12(8-11)23-17(27)14(16(26)21-18(23)28)9-20-22-15(25)10-3-1-6-13(7-10)24(29)30/h1-9,27H,(H,22,25)(H,21,26,28). The van der Waals surface area contributed by atoms with Gasteiger partial charge in [-0.2, -0.15) is 5.10 Å². The summed E-state index contributed by atoms with van der Waals surface area (Å²) in [7, 11) is 0. The van der Waals surface area contributed by atoms with E-state index in [-0.39, 0.29) is 16.9 Å². The van der Waals surface area contributed by atoms with Gasteiger partial charge in [0.25, 0.3) is 17.2 Å². The van der Waals surface area contributed by atoms with Gasteiger partial charge in [0.15, 0.2) is 0 Å². The van der Waals surface area contributed by atoms with Crippen molar-refractivity contribution in [3.8, 4) is 11.6 Å². The summed E-state index contributed by atoms with van der Waals surface area (Å²) in [5.74, 6) is -1.51. The monoisotopic (exact) mass is 429 g/mol. The predicted octanol–water partition coefficient (Wildman–Crippen LogP) is 1.56. The van der Waals surface area contributed by atoms with Gasteiger partial charge in [-0.05, 0) is 24.3 Å². The second-order valence-corrected chi connectivity index (χ2v) is 6.25. The summed E-state index contributed by atoms with van der Waals surface area (Å²) in [6.07, 6.45) is 0.837. The van der Waals surface area contributed by atoms with Crippen LogP contribution in [0.2, 0.25) is 5.02 Å². The largest absolute Gasteiger partial charge is 0.493 e. The molecule has 0 bridgehead atoms. The van der Waals surface area contributed by atoms with Gasteiger partial charge in [-0.1, -0.05) is 23.7 Å². The number of aromatic nitrogens is 2. The highest BCUT2D eigenvalue weighted by atomic mass is 35.5. The van der Waals surface area contributed by atoms with Gasteiger partial charge in [-0.25, -0.2) is 14.8 Å². The normalized spacial score (nSPS) is 10.8. The number of carbonyl (C=O) groups excluding carboxylic acids is 1. The number of nitro groups is 1. The number of benzene rings is 2. The summed E-state index contributed by atoms with van der Waals surface area (Å²) in [5.41, 5.74) is -0.298.